The van der Waals surface area contributed by atoms with Crippen molar-refractivity contribution in [3.05, 3.63) is 126 Å². The zero-order valence-electron chi connectivity index (χ0n) is 22.9. The Balaban J connectivity index is 1.22. The molecule has 0 unspecified atom stereocenters. The third-order valence-corrected chi connectivity index (χ3v) is 10.7. The van der Waals surface area contributed by atoms with Crippen LogP contribution in [0.4, 0.5) is 5.69 Å². The minimum absolute atomic E-state index is 0.0366. The topological polar surface area (TPSA) is 83.7 Å². The molecule has 8 heteroatoms. The molecule has 1 amide bonds. The summed E-state index contributed by atoms with van der Waals surface area (Å²) in [5.41, 5.74) is 4.14. The van der Waals surface area contributed by atoms with Gasteiger partial charge in [-0.3, -0.25) is 0 Å². The first-order chi connectivity index (χ1) is 19.9. The second-order valence-corrected chi connectivity index (χ2v) is 14.1. The molecule has 4 aromatic carbocycles. The molecule has 2 N–H and O–H groups in total. The Bertz CT molecular complexity index is 1520. The number of amides is 1. The fraction of sp³-hybridized carbons (Fsp3) is 0.242. The van der Waals surface area contributed by atoms with Gasteiger partial charge >= 0.3 is 208 Å². The molecular weight excluding hydrogens is 597 g/mol. The molecule has 6 nitrogen and oxygen atoms in total. The zero-order chi connectivity index (χ0) is 28.7. The van der Waals surface area contributed by atoms with Gasteiger partial charge in [0.15, 0.2) is 0 Å². The average Bonchev–Trinajstić information content (AvgIpc) is 3.01. The van der Waals surface area contributed by atoms with Gasteiger partial charge in [0, 0.05) is 0 Å². The van der Waals surface area contributed by atoms with E-state index in [0.29, 0.717) is 5.56 Å². The third-order valence-electron chi connectivity index (χ3n) is 7.49. The zero-order valence-corrected chi connectivity index (χ0v) is 25.5. The monoisotopic (exact) mass is 633 g/mol. The third kappa shape index (κ3) is 7.94. The number of hydrogen-bond donors (Lipinski definition) is 1. The fourth-order valence-corrected chi connectivity index (χ4v) is 7.50. The Hall–Kier alpha value is -3.26. The van der Waals surface area contributed by atoms with E-state index in [0.717, 1.165) is 59.9 Å². The number of piperidine rings is 1. The van der Waals surface area contributed by atoms with Crippen molar-refractivity contribution in [2.24, 2.45) is 5.14 Å². The normalized spacial score (nSPS) is 14.6. The number of hydrogen-bond acceptors (Lipinski definition) is 4. The molecular formula is C33H35N3O3SSe. The summed E-state index contributed by atoms with van der Waals surface area (Å²) >= 11 is 0.132. The molecule has 1 fully saturated rings. The first kappa shape index (κ1) is 29.2. The second kappa shape index (κ2) is 13.6. The molecule has 1 heterocycles. The minimum atomic E-state index is -3.68. The van der Waals surface area contributed by atoms with Crippen LogP contribution in [0.3, 0.4) is 0 Å². The Morgan fingerprint density at radius 2 is 1.41 bits per heavy atom. The van der Waals surface area contributed by atoms with E-state index >= 15 is 0 Å². The molecule has 0 aromatic heterocycles. The maximum absolute atomic E-state index is 13.9. The molecule has 0 bridgehead atoms. The van der Waals surface area contributed by atoms with Crippen molar-refractivity contribution in [3.8, 4) is 0 Å². The molecule has 0 spiro atoms. The molecule has 1 aliphatic heterocycles. The number of benzene rings is 4. The van der Waals surface area contributed by atoms with Crippen LogP contribution in [0.15, 0.2) is 114 Å². The first-order valence-electron chi connectivity index (χ1n) is 13.9. The van der Waals surface area contributed by atoms with Crippen molar-refractivity contribution in [2.45, 2.75) is 35.5 Å². The van der Waals surface area contributed by atoms with Crippen LogP contribution in [0.25, 0.3) is 0 Å². The Morgan fingerprint density at radius 1 is 0.805 bits per heavy atom. The summed E-state index contributed by atoms with van der Waals surface area (Å²) < 4.78 is 24.1. The molecule has 0 atom stereocenters. The van der Waals surface area contributed by atoms with Crippen LogP contribution in [0.5, 0.6) is 0 Å². The van der Waals surface area contributed by atoms with Gasteiger partial charge in [-0.15, -0.1) is 0 Å². The number of sulfonamides is 1. The van der Waals surface area contributed by atoms with Crippen molar-refractivity contribution in [3.63, 3.8) is 0 Å². The fourth-order valence-electron chi connectivity index (χ4n) is 5.19. The predicted octanol–water partition coefficient (Wildman–Crippen LogP) is 4.22. The van der Waals surface area contributed by atoms with Crippen molar-refractivity contribution >= 4 is 41.0 Å². The molecule has 41 heavy (non-hydrogen) atoms. The van der Waals surface area contributed by atoms with E-state index in [-0.39, 0.29) is 31.8 Å². The molecule has 4 aromatic rings. The summed E-state index contributed by atoms with van der Waals surface area (Å²) in [6.45, 7) is 3.00. The first-order valence-corrected chi connectivity index (χ1v) is 17.5. The van der Waals surface area contributed by atoms with Gasteiger partial charge in [-0.2, -0.15) is 0 Å². The summed E-state index contributed by atoms with van der Waals surface area (Å²) in [5.74, 6) is 0.0366. The van der Waals surface area contributed by atoms with Gasteiger partial charge in [-0.05, 0) is 12.0 Å². The Kier molecular flexibility index (Phi) is 9.70. The number of nitrogens with two attached hydrogens (primary N) is 1. The number of primary sulfonamides is 1. The molecule has 5 rings (SSSR count). The Morgan fingerprint density at radius 3 is 2.02 bits per heavy atom. The van der Waals surface area contributed by atoms with Crippen LogP contribution in [-0.2, 0) is 21.8 Å². The van der Waals surface area contributed by atoms with Gasteiger partial charge in [0.2, 0.25) is 0 Å². The van der Waals surface area contributed by atoms with Crippen LogP contribution >= 0.6 is 0 Å². The van der Waals surface area contributed by atoms with Crippen molar-refractivity contribution in [2.75, 3.05) is 24.5 Å². The summed E-state index contributed by atoms with van der Waals surface area (Å²) in [5, 5.41) is 6.05. The number of anilines is 1. The molecule has 1 saturated heterocycles. The van der Waals surface area contributed by atoms with Crippen LogP contribution in [0, 0.1) is 0 Å². The van der Waals surface area contributed by atoms with Crippen molar-refractivity contribution in [1.29, 1.82) is 0 Å². The van der Waals surface area contributed by atoms with E-state index in [1.165, 1.54) is 5.56 Å². The molecule has 0 saturated carbocycles. The molecule has 212 valence electrons. The number of likely N-dealkylation sites (tertiary alicyclic amines) is 1. The summed E-state index contributed by atoms with van der Waals surface area (Å²) in [7, 11) is -3.68. The number of nitrogens with zero attached hydrogens (tertiary/aromatic N) is 2. The van der Waals surface area contributed by atoms with Gasteiger partial charge < -0.3 is 0 Å². The maximum atomic E-state index is 13.9. The summed E-state index contributed by atoms with van der Waals surface area (Å²) in [6, 6.07) is 35.5. The van der Waals surface area contributed by atoms with Gasteiger partial charge in [-0.25, -0.2) is 0 Å². The van der Waals surface area contributed by atoms with Crippen molar-refractivity contribution < 1.29 is 13.2 Å². The summed E-state index contributed by atoms with van der Waals surface area (Å²) in [6.07, 6.45) is 2.93. The number of carbonyl (C=O) groups excluding carboxylic acids is 1. The Labute approximate surface area is 249 Å². The second-order valence-electron chi connectivity index (χ2n) is 10.3. The van der Waals surface area contributed by atoms with E-state index in [1.54, 1.807) is 12.1 Å². The number of carbonyl (C=O) groups is 1. The SMILES string of the molecule is NS(=O)(=O)c1ccc([Se]Cc2ccc(C(=O)N(c3ccccc3)C3CCN(CCc4ccccc4)CC3)cc2)cc1. The van der Waals surface area contributed by atoms with Gasteiger partial charge in [0.1, 0.15) is 0 Å². The molecule has 0 radical (unpaired) electrons. The standard InChI is InChI=1S/C33H35N3O3SSe/c34-40(38,39)31-15-17-32(18-16-31)41-25-27-11-13-28(14-12-27)33(37)36(29-9-5-2-6-10-29)30-20-23-35(24-21-30)22-19-26-7-3-1-4-8-26/h1-18,30H,19-25H2,(H2,34,38,39). The van der Waals surface area contributed by atoms with E-state index in [1.807, 2.05) is 71.6 Å². The van der Waals surface area contributed by atoms with Crippen molar-refractivity contribution in [1.82, 2.24) is 4.90 Å². The summed E-state index contributed by atoms with van der Waals surface area (Å²) in [4.78, 5) is 18.5. The average molecular weight is 633 g/mol. The number of para-hydroxylation sites is 1. The predicted molar refractivity (Wildman–Crippen MR) is 166 cm³/mol. The van der Waals surface area contributed by atoms with Gasteiger partial charge in [0.25, 0.3) is 0 Å². The van der Waals surface area contributed by atoms with E-state index in [2.05, 4.69) is 35.2 Å². The van der Waals surface area contributed by atoms with E-state index in [9.17, 15) is 13.2 Å². The van der Waals surface area contributed by atoms with Crippen LogP contribution < -0.4 is 14.5 Å². The van der Waals surface area contributed by atoms with Crippen LogP contribution in [0.1, 0.15) is 34.3 Å². The van der Waals surface area contributed by atoms with E-state index in [4.69, 9.17) is 5.14 Å². The van der Waals surface area contributed by atoms with Gasteiger partial charge in [0.05, 0.1) is 0 Å². The van der Waals surface area contributed by atoms with Crippen LogP contribution in [-0.4, -0.2) is 59.9 Å². The molecule has 1 aliphatic rings. The van der Waals surface area contributed by atoms with Crippen LogP contribution in [0.2, 0.25) is 0 Å². The number of rotatable bonds is 10. The quantitative estimate of drug-likeness (QED) is 0.266. The van der Waals surface area contributed by atoms with E-state index < -0.39 is 10.0 Å². The molecule has 0 aliphatic carbocycles. The van der Waals surface area contributed by atoms with Gasteiger partial charge in [-0.1, -0.05) is 30.3 Å².